The van der Waals surface area contributed by atoms with Crippen LogP contribution in [0.3, 0.4) is 0 Å². The lowest BCUT2D eigenvalue weighted by Gasteiger charge is -2.16. The minimum Gasteiger partial charge on any atom is -0.379 e. The predicted molar refractivity (Wildman–Crippen MR) is 67.0 cm³/mol. The Bertz CT molecular complexity index is 561. The van der Waals surface area contributed by atoms with Gasteiger partial charge < -0.3 is 5.32 Å². The maximum absolute atomic E-state index is 4.42. The minimum atomic E-state index is 0.870. The molecule has 1 N–H and O–H groups in total. The third kappa shape index (κ3) is 1.35. The fourth-order valence-corrected chi connectivity index (χ4v) is 2.46. The summed E-state index contributed by atoms with van der Waals surface area (Å²) in [6.07, 6.45) is 6.07. The van der Waals surface area contributed by atoms with Crippen molar-refractivity contribution >= 4 is 38.6 Å². The number of pyridine rings is 1. The van der Waals surface area contributed by atoms with Crippen molar-refractivity contribution in [2.45, 2.75) is 0 Å². The molecule has 74 valence electrons. The lowest BCUT2D eigenvalue weighted by atomic mass is 10.1. The zero-order valence-corrected chi connectivity index (χ0v) is 9.58. The fraction of sp³-hybridized carbons (Fsp3) is 0.0833. The first-order chi connectivity index (χ1) is 7.36. The van der Waals surface area contributed by atoms with Crippen LogP contribution < -0.4 is 5.32 Å². The molecule has 0 bridgehead atoms. The van der Waals surface area contributed by atoms with Crippen molar-refractivity contribution < 1.29 is 0 Å². The minimum absolute atomic E-state index is 0.870. The van der Waals surface area contributed by atoms with Gasteiger partial charge in [0, 0.05) is 28.2 Å². The van der Waals surface area contributed by atoms with Crippen LogP contribution in [0.15, 0.2) is 34.9 Å². The summed E-state index contributed by atoms with van der Waals surface area (Å²) >= 11 is 3.58. The Labute approximate surface area is 96.1 Å². The average Bonchev–Trinajstić information content (AvgIpc) is 2.30. The number of rotatable bonds is 0. The number of nitrogens with one attached hydrogen (secondary N) is 1. The first kappa shape index (κ1) is 8.92. The molecule has 2 heterocycles. The number of hydrogen-bond donors (Lipinski definition) is 1. The van der Waals surface area contributed by atoms with E-state index in [0.29, 0.717) is 0 Å². The normalized spacial score (nSPS) is 13.7. The predicted octanol–water partition coefficient (Wildman–Crippen LogP) is 3.44. The molecular weight excluding hydrogens is 252 g/mol. The molecule has 1 aliphatic rings. The summed E-state index contributed by atoms with van der Waals surface area (Å²) in [5, 5.41) is 4.53. The van der Waals surface area contributed by atoms with Gasteiger partial charge in [0.25, 0.3) is 0 Å². The number of fused-ring (bicyclic) bond motifs is 3. The molecule has 3 heteroatoms. The van der Waals surface area contributed by atoms with E-state index in [0.717, 1.165) is 27.6 Å². The van der Waals surface area contributed by atoms with Crippen molar-refractivity contribution in [1.29, 1.82) is 0 Å². The zero-order valence-electron chi connectivity index (χ0n) is 8.00. The highest BCUT2D eigenvalue weighted by molar-refractivity contribution is 9.10. The van der Waals surface area contributed by atoms with Gasteiger partial charge in [-0.2, -0.15) is 0 Å². The first-order valence-corrected chi connectivity index (χ1v) is 5.63. The molecule has 0 unspecified atom stereocenters. The van der Waals surface area contributed by atoms with E-state index in [1.54, 1.807) is 0 Å². The lowest BCUT2D eigenvalue weighted by molar-refractivity contribution is 1.29. The molecule has 1 aliphatic heterocycles. The van der Waals surface area contributed by atoms with E-state index >= 15 is 0 Å². The third-order valence-electron chi connectivity index (χ3n) is 2.57. The van der Waals surface area contributed by atoms with Crippen LogP contribution in [-0.4, -0.2) is 11.5 Å². The Hall–Kier alpha value is -1.35. The van der Waals surface area contributed by atoms with Crippen molar-refractivity contribution in [2.75, 3.05) is 11.9 Å². The van der Waals surface area contributed by atoms with Gasteiger partial charge in [0.1, 0.15) is 0 Å². The van der Waals surface area contributed by atoms with Crippen molar-refractivity contribution in [1.82, 2.24) is 4.98 Å². The van der Waals surface area contributed by atoms with Crippen LogP contribution >= 0.6 is 15.9 Å². The molecule has 0 saturated heterocycles. The van der Waals surface area contributed by atoms with Gasteiger partial charge in [0.15, 0.2) is 0 Å². The van der Waals surface area contributed by atoms with Crippen molar-refractivity contribution in [3.63, 3.8) is 0 Å². The Morgan fingerprint density at radius 3 is 3.27 bits per heavy atom. The van der Waals surface area contributed by atoms with Crippen LogP contribution in [0.25, 0.3) is 17.0 Å². The Kier molecular flexibility index (Phi) is 1.99. The Morgan fingerprint density at radius 1 is 1.40 bits per heavy atom. The fourth-order valence-electron chi connectivity index (χ4n) is 1.88. The molecular formula is C12H9BrN2. The second-order valence-corrected chi connectivity index (χ2v) is 4.36. The number of benzene rings is 1. The van der Waals surface area contributed by atoms with Gasteiger partial charge in [-0.25, -0.2) is 0 Å². The van der Waals surface area contributed by atoms with E-state index in [1.807, 2.05) is 12.3 Å². The van der Waals surface area contributed by atoms with E-state index in [2.05, 4.69) is 50.5 Å². The van der Waals surface area contributed by atoms with Gasteiger partial charge >= 0.3 is 0 Å². The highest BCUT2D eigenvalue weighted by atomic mass is 79.9. The highest BCUT2D eigenvalue weighted by Crippen LogP contribution is 2.34. The Morgan fingerprint density at radius 2 is 2.33 bits per heavy atom. The molecule has 0 aliphatic carbocycles. The first-order valence-electron chi connectivity index (χ1n) is 4.84. The second-order valence-electron chi connectivity index (χ2n) is 3.51. The Balaban J connectivity index is 2.45. The van der Waals surface area contributed by atoms with Gasteiger partial charge in [0.2, 0.25) is 0 Å². The van der Waals surface area contributed by atoms with Crippen LogP contribution in [0.5, 0.6) is 0 Å². The highest BCUT2D eigenvalue weighted by Gasteiger charge is 2.12. The van der Waals surface area contributed by atoms with E-state index in [9.17, 15) is 0 Å². The monoisotopic (exact) mass is 260 g/mol. The largest absolute Gasteiger partial charge is 0.379 e. The molecule has 0 radical (unpaired) electrons. The van der Waals surface area contributed by atoms with E-state index in [-0.39, 0.29) is 0 Å². The summed E-state index contributed by atoms with van der Waals surface area (Å²) in [5.74, 6) is 0. The standard InChI is InChI=1S/C12H9BrN2/c13-10-7-8-3-1-5-14-11(8)12-9(10)4-2-6-15-12/h1-5,7,15H,6H2. The van der Waals surface area contributed by atoms with Crippen molar-refractivity contribution in [3.05, 3.63) is 40.5 Å². The summed E-state index contributed by atoms with van der Waals surface area (Å²) in [6.45, 7) is 0.870. The van der Waals surface area contributed by atoms with Crippen LogP contribution in [0.2, 0.25) is 0 Å². The molecule has 0 atom stereocenters. The smallest absolute Gasteiger partial charge is 0.0940 e. The quantitative estimate of drug-likeness (QED) is 0.785. The number of aromatic nitrogens is 1. The van der Waals surface area contributed by atoms with Gasteiger partial charge in [-0.15, -0.1) is 0 Å². The van der Waals surface area contributed by atoms with Crippen molar-refractivity contribution in [2.24, 2.45) is 0 Å². The summed E-state index contributed by atoms with van der Waals surface area (Å²) in [6, 6.07) is 6.14. The SMILES string of the molecule is Brc1cc2cccnc2c2c1C=CCN2. The summed E-state index contributed by atoms with van der Waals surface area (Å²) in [5.41, 5.74) is 3.36. The summed E-state index contributed by atoms with van der Waals surface area (Å²) in [7, 11) is 0. The number of nitrogens with zero attached hydrogens (tertiary/aromatic N) is 1. The molecule has 0 spiro atoms. The molecule has 2 aromatic rings. The molecule has 0 saturated carbocycles. The van der Waals surface area contributed by atoms with Crippen LogP contribution in [-0.2, 0) is 0 Å². The summed E-state index contributed by atoms with van der Waals surface area (Å²) in [4.78, 5) is 4.42. The molecule has 1 aromatic carbocycles. The van der Waals surface area contributed by atoms with Gasteiger partial charge in [-0.3, -0.25) is 4.98 Å². The molecule has 15 heavy (non-hydrogen) atoms. The van der Waals surface area contributed by atoms with E-state index in [1.165, 1.54) is 5.56 Å². The van der Waals surface area contributed by atoms with Crippen molar-refractivity contribution in [3.8, 4) is 0 Å². The number of halogens is 1. The van der Waals surface area contributed by atoms with Crippen LogP contribution in [0.4, 0.5) is 5.69 Å². The topological polar surface area (TPSA) is 24.9 Å². The third-order valence-corrected chi connectivity index (χ3v) is 3.22. The zero-order chi connectivity index (χ0) is 10.3. The molecule has 2 nitrogen and oxygen atoms in total. The van der Waals surface area contributed by atoms with Gasteiger partial charge in [-0.1, -0.05) is 34.1 Å². The summed E-state index contributed by atoms with van der Waals surface area (Å²) < 4.78 is 1.11. The van der Waals surface area contributed by atoms with Gasteiger partial charge in [-0.05, 0) is 12.1 Å². The molecule has 1 aromatic heterocycles. The molecule has 3 rings (SSSR count). The maximum atomic E-state index is 4.42. The van der Waals surface area contributed by atoms with Gasteiger partial charge in [0.05, 0.1) is 11.2 Å². The maximum Gasteiger partial charge on any atom is 0.0940 e. The van der Waals surface area contributed by atoms with E-state index in [4.69, 9.17) is 0 Å². The average molecular weight is 261 g/mol. The number of hydrogen-bond acceptors (Lipinski definition) is 2. The molecule has 0 amide bonds. The van der Waals surface area contributed by atoms with Crippen LogP contribution in [0.1, 0.15) is 5.56 Å². The molecule has 0 fully saturated rings. The van der Waals surface area contributed by atoms with E-state index < -0.39 is 0 Å². The van der Waals surface area contributed by atoms with Crippen LogP contribution in [0, 0.1) is 0 Å². The second kappa shape index (κ2) is 3.35. The lowest BCUT2D eigenvalue weighted by Crippen LogP contribution is -2.06. The number of anilines is 1.